The van der Waals surface area contributed by atoms with E-state index in [9.17, 15) is 19.2 Å². The summed E-state index contributed by atoms with van der Waals surface area (Å²) in [6, 6.07) is 6.48. The molecular formula is C23H16ClN12O4+. The molecule has 0 aromatic carbocycles. The highest BCUT2D eigenvalue weighted by molar-refractivity contribution is 6.29. The molecule has 6 aromatic rings. The number of aromatic nitrogens is 12. The van der Waals surface area contributed by atoms with Gasteiger partial charge in [-0.1, -0.05) is 31.2 Å². The zero-order valence-corrected chi connectivity index (χ0v) is 21.0. The van der Waals surface area contributed by atoms with Gasteiger partial charge in [-0.2, -0.15) is 5.10 Å². The Morgan fingerprint density at radius 3 is 2.27 bits per heavy atom. The predicted molar refractivity (Wildman–Crippen MR) is 139 cm³/mol. The number of halogens is 1. The number of nitrogens with zero attached hydrogens (tertiary/aromatic N) is 8. The van der Waals surface area contributed by atoms with Crippen molar-refractivity contribution < 1.29 is 4.68 Å². The average molecular weight is 560 g/mol. The van der Waals surface area contributed by atoms with Crippen LogP contribution in [-0.2, 0) is 0 Å². The summed E-state index contributed by atoms with van der Waals surface area (Å²) in [5, 5.41) is 21.4. The highest BCUT2D eigenvalue weighted by atomic mass is 35.5. The molecule has 4 N–H and O–H groups in total. The highest BCUT2D eigenvalue weighted by Gasteiger charge is 2.28. The zero-order chi connectivity index (χ0) is 28.0. The maximum absolute atomic E-state index is 12.7. The van der Waals surface area contributed by atoms with Gasteiger partial charge in [0.1, 0.15) is 17.1 Å². The van der Waals surface area contributed by atoms with Gasteiger partial charge in [0.05, 0.1) is 23.4 Å². The van der Waals surface area contributed by atoms with Crippen LogP contribution in [0.3, 0.4) is 0 Å². The standard InChI is InChI=1S/C23H15ClN12O4/c1-11-15(34-6-2-4-27-34)7-14(12-9-25-22(39)29-20(12)37)33-35(11)18-3-5-28-36(18)16-8-17(24)31-32-19(16)13-10-26-23(40)30-21(13)38/h2-10H,1H3,(H3-,25,26,29,30,32,33,37,38,39,40)/p+1. The van der Waals surface area contributed by atoms with Gasteiger partial charge in [0.15, 0.2) is 16.5 Å². The van der Waals surface area contributed by atoms with Crippen LogP contribution in [0.4, 0.5) is 0 Å². The van der Waals surface area contributed by atoms with Gasteiger partial charge in [-0.15, -0.1) is 10.2 Å². The van der Waals surface area contributed by atoms with Gasteiger partial charge in [0.2, 0.25) is 0 Å². The van der Waals surface area contributed by atoms with Crippen molar-refractivity contribution in [2.24, 2.45) is 0 Å². The van der Waals surface area contributed by atoms with Gasteiger partial charge >= 0.3 is 17.2 Å². The molecule has 0 fully saturated rings. The second-order valence-corrected chi connectivity index (χ2v) is 8.72. The van der Waals surface area contributed by atoms with Crippen molar-refractivity contribution in [3.63, 3.8) is 0 Å². The van der Waals surface area contributed by atoms with E-state index in [1.54, 1.807) is 42.2 Å². The van der Waals surface area contributed by atoms with Crippen LogP contribution in [0.15, 0.2) is 74.4 Å². The lowest BCUT2D eigenvalue weighted by atomic mass is 10.2. The van der Waals surface area contributed by atoms with E-state index < -0.39 is 22.5 Å². The fourth-order valence-corrected chi connectivity index (χ4v) is 4.23. The molecule has 0 aliphatic heterocycles. The SMILES string of the molecule is Cc1c(-n2cccn2)cc(-c2c[nH]c(=O)[nH]c2=O)n[n+]1-c1ccnn1-c1cc(Cl)nnc1-c1c[nH]c(=O)[nH]c1=O. The molecular weight excluding hydrogens is 544 g/mol. The van der Waals surface area contributed by atoms with Gasteiger partial charge < -0.3 is 9.97 Å². The normalized spacial score (nSPS) is 11.2. The Labute approximate surface area is 225 Å². The topological polar surface area (TPSA) is 210 Å². The maximum atomic E-state index is 12.7. The summed E-state index contributed by atoms with van der Waals surface area (Å²) in [6.07, 6.45) is 7.28. The van der Waals surface area contributed by atoms with E-state index in [-0.39, 0.29) is 33.4 Å². The molecule has 0 aliphatic rings. The lowest BCUT2D eigenvalue weighted by molar-refractivity contribution is -0.669. The smallest absolute Gasteiger partial charge is 0.313 e. The van der Waals surface area contributed by atoms with Crippen molar-refractivity contribution in [3.05, 3.63) is 108 Å². The van der Waals surface area contributed by atoms with E-state index in [1.165, 1.54) is 34.0 Å². The zero-order valence-electron chi connectivity index (χ0n) is 20.3. The first-order valence-corrected chi connectivity index (χ1v) is 11.8. The molecule has 0 saturated carbocycles. The van der Waals surface area contributed by atoms with Gasteiger partial charge in [-0.05, 0) is 12.1 Å². The van der Waals surface area contributed by atoms with Crippen LogP contribution in [0.1, 0.15) is 5.69 Å². The fraction of sp³-hybridized carbons (Fsp3) is 0.0435. The summed E-state index contributed by atoms with van der Waals surface area (Å²) in [5.41, 5.74) is -0.882. The van der Waals surface area contributed by atoms with Crippen LogP contribution in [0.25, 0.3) is 39.7 Å². The van der Waals surface area contributed by atoms with Crippen molar-refractivity contribution in [2.45, 2.75) is 6.92 Å². The Morgan fingerprint density at radius 2 is 1.60 bits per heavy atom. The molecule has 0 aliphatic carbocycles. The molecule has 198 valence electrons. The Bertz CT molecular complexity index is 2140. The maximum Gasteiger partial charge on any atom is 0.335 e. The Balaban J connectivity index is 1.63. The van der Waals surface area contributed by atoms with E-state index >= 15 is 0 Å². The summed E-state index contributed by atoms with van der Waals surface area (Å²) in [7, 11) is 0. The number of H-pyrrole nitrogens is 4. The molecule has 17 heteroatoms. The number of hydrogen-bond acceptors (Lipinski definition) is 9. The molecule has 0 saturated heterocycles. The molecule has 0 unspecified atom stereocenters. The van der Waals surface area contributed by atoms with Crippen LogP contribution in [-0.4, -0.2) is 54.8 Å². The van der Waals surface area contributed by atoms with Gasteiger partial charge in [0.25, 0.3) is 11.1 Å². The molecule has 40 heavy (non-hydrogen) atoms. The largest absolute Gasteiger partial charge is 0.335 e. The first-order valence-electron chi connectivity index (χ1n) is 11.5. The van der Waals surface area contributed by atoms with Crippen LogP contribution in [0, 0.1) is 6.92 Å². The quantitative estimate of drug-likeness (QED) is 0.201. The second kappa shape index (κ2) is 9.52. The predicted octanol–water partition coefficient (Wildman–Crippen LogP) is -0.431. The Morgan fingerprint density at radius 1 is 0.875 bits per heavy atom. The van der Waals surface area contributed by atoms with Crippen LogP contribution in [0.2, 0.25) is 5.15 Å². The van der Waals surface area contributed by atoms with Gasteiger partial charge in [-0.25, -0.2) is 14.3 Å². The highest BCUT2D eigenvalue weighted by Crippen LogP contribution is 2.25. The van der Waals surface area contributed by atoms with Gasteiger partial charge in [-0.3, -0.25) is 19.6 Å². The van der Waals surface area contributed by atoms with Crippen LogP contribution >= 0.6 is 11.6 Å². The molecule has 0 spiro atoms. The molecule has 0 atom stereocenters. The summed E-state index contributed by atoms with van der Waals surface area (Å²) in [4.78, 5) is 57.7. The summed E-state index contributed by atoms with van der Waals surface area (Å²) < 4.78 is 4.53. The van der Waals surface area contributed by atoms with Gasteiger partial charge in [0, 0.05) is 37.8 Å². The molecule has 6 rings (SSSR count). The average Bonchev–Trinajstić information content (AvgIpc) is 3.62. The lowest BCUT2D eigenvalue weighted by Crippen LogP contribution is -2.42. The minimum atomic E-state index is -0.697. The molecule has 6 heterocycles. The Hall–Kier alpha value is -5.77. The van der Waals surface area contributed by atoms with Crippen LogP contribution < -0.4 is 27.2 Å². The van der Waals surface area contributed by atoms with E-state index in [1.807, 2.05) is 0 Å². The summed E-state index contributed by atoms with van der Waals surface area (Å²) in [5.74, 6) is 0.361. The number of hydrogen-bond donors (Lipinski definition) is 4. The minimum Gasteiger partial charge on any atom is -0.313 e. The van der Waals surface area contributed by atoms with Crippen molar-refractivity contribution in [1.82, 2.24) is 54.8 Å². The van der Waals surface area contributed by atoms with Crippen molar-refractivity contribution in [2.75, 3.05) is 0 Å². The van der Waals surface area contributed by atoms with Crippen LogP contribution in [0.5, 0.6) is 0 Å². The van der Waals surface area contributed by atoms with Crippen molar-refractivity contribution >= 4 is 11.6 Å². The number of aromatic amines is 4. The number of nitrogens with one attached hydrogen (secondary N) is 4. The minimum absolute atomic E-state index is 0.0145. The van der Waals surface area contributed by atoms with E-state index in [2.05, 4.69) is 45.4 Å². The molecule has 6 aromatic heterocycles. The Kier molecular flexibility index (Phi) is 5.84. The third kappa shape index (κ3) is 4.23. The molecule has 0 bridgehead atoms. The fourth-order valence-electron chi connectivity index (χ4n) is 4.09. The van der Waals surface area contributed by atoms with Crippen molar-refractivity contribution in [1.29, 1.82) is 0 Å². The first-order chi connectivity index (χ1) is 19.3. The monoisotopic (exact) mass is 559 g/mol. The molecule has 0 radical (unpaired) electrons. The third-order valence-corrected chi connectivity index (χ3v) is 6.09. The van der Waals surface area contributed by atoms with E-state index in [4.69, 9.17) is 11.6 Å². The van der Waals surface area contributed by atoms with E-state index in [0.29, 0.717) is 17.2 Å². The second-order valence-electron chi connectivity index (χ2n) is 8.34. The first kappa shape index (κ1) is 24.6. The number of rotatable bonds is 5. The third-order valence-electron chi connectivity index (χ3n) is 5.90. The van der Waals surface area contributed by atoms with Crippen molar-refractivity contribution in [3.8, 4) is 39.7 Å². The summed E-state index contributed by atoms with van der Waals surface area (Å²) in [6.45, 7) is 1.79. The molecule has 0 amide bonds. The molecule has 16 nitrogen and oxygen atoms in total. The summed E-state index contributed by atoms with van der Waals surface area (Å²) >= 11 is 6.18. The lowest BCUT2D eigenvalue weighted by Gasteiger charge is -2.11. The van der Waals surface area contributed by atoms with E-state index in [0.717, 1.165) is 0 Å².